The Morgan fingerprint density at radius 2 is 1.97 bits per heavy atom. The van der Waals surface area contributed by atoms with Crippen molar-refractivity contribution < 1.29 is 27.4 Å². The van der Waals surface area contributed by atoms with Gasteiger partial charge in [-0.05, 0) is 61.4 Å². The van der Waals surface area contributed by atoms with Gasteiger partial charge in [-0.25, -0.2) is 8.42 Å². The molecule has 34 heavy (non-hydrogen) atoms. The third-order valence-electron chi connectivity index (χ3n) is 5.74. The third kappa shape index (κ3) is 6.21. The Labute approximate surface area is 201 Å². The normalized spacial score (nSPS) is 15.1. The van der Waals surface area contributed by atoms with Crippen LogP contribution in [0.1, 0.15) is 44.2 Å². The average Bonchev–Trinajstić information content (AvgIpc) is 2.82. The van der Waals surface area contributed by atoms with Gasteiger partial charge in [0.05, 0.1) is 31.2 Å². The molecule has 3 N–H and O–H groups in total. The van der Waals surface area contributed by atoms with E-state index in [-0.39, 0.29) is 23.2 Å². The predicted octanol–water partition coefficient (Wildman–Crippen LogP) is 3.50. The number of sulfone groups is 1. The first kappa shape index (κ1) is 25.8. The summed E-state index contributed by atoms with van der Waals surface area (Å²) in [6, 6.07) is 8.51. The molecule has 2 aromatic rings. The van der Waals surface area contributed by atoms with Gasteiger partial charge in [-0.15, -0.1) is 0 Å². The fourth-order valence-corrected chi connectivity index (χ4v) is 4.99. The number of anilines is 1. The minimum absolute atomic E-state index is 0.0218. The van der Waals surface area contributed by atoms with Gasteiger partial charge >= 0.3 is 0 Å². The predicted molar refractivity (Wildman–Crippen MR) is 132 cm³/mol. The second-order valence-corrected chi connectivity index (χ2v) is 10.4. The smallest absolute Gasteiger partial charge is 0.241 e. The Morgan fingerprint density at radius 3 is 2.68 bits per heavy atom. The summed E-state index contributed by atoms with van der Waals surface area (Å²) >= 11 is 0. The van der Waals surface area contributed by atoms with Gasteiger partial charge in [-0.3, -0.25) is 4.79 Å². The maximum absolute atomic E-state index is 12.4. The van der Waals surface area contributed by atoms with E-state index in [0.717, 1.165) is 30.4 Å². The molecule has 0 saturated carbocycles. The molecule has 1 aliphatic rings. The van der Waals surface area contributed by atoms with E-state index in [1.165, 1.54) is 0 Å². The number of carbonyl (C=O) groups excluding carboxylic acids is 1. The molecule has 0 fully saturated rings. The highest BCUT2D eigenvalue weighted by Gasteiger charge is 2.27. The van der Waals surface area contributed by atoms with Gasteiger partial charge in [0.25, 0.3) is 0 Å². The zero-order valence-corrected chi connectivity index (χ0v) is 20.9. The van der Waals surface area contributed by atoms with E-state index in [2.05, 4.69) is 5.32 Å². The molecule has 0 aliphatic carbocycles. The van der Waals surface area contributed by atoms with Crippen LogP contribution in [0.3, 0.4) is 0 Å². The highest BCUT2D eigenvalue weighted by atomic mass is 32.2. The molecule has 1 aliphatic heterocycles. The van der Waals surface area contributed by atoms with Crippen molar-refractivity contribution in [1.29, 1.82) is 0 Å². The van der Waals surface area contributed by atoms with Crippen LogP contribution in [0.25, 0.3) is 0 Å². The van der Waals surface area contributed by atoms with E-state index in [1.54, 1.807) is 19.2 Å². The number of ether oxygens (including phenoxy) is 3. The Hall–Kier alpha value is -2.78. The molecule has 2 aromatic carbocycles. The number of hydrogen-bond acceptors (Lipinski definition) is 7. The first-order chi connectivity index (χ1) is 16.3. The van der Waals surface area contributed by atoms with Crippen molar-refractivity contribution in [2.45, 2.75) is 56.9 Å². The van der Waals surface area contributed by atoms with E-state index in [4.69, 9.17) is 19.9 Å². The van der Waals surface area contributed by atoms with Crippen LogP contribution in [0.5, 0.6) is 17.2 Å². The molecule has 0 aromatic heterocycles. The summed E-state index contributed by atoms with van der Waals surface area (Å²) in [5.74, 6) is 1.28. The highest BCUT2D eigenvalue weighted by molar-refractivity contribution is 7.91. The first-order valence-electron chi connectivity index (χ1n) is 11.7. The lowest BCUT2D eigenvalue weighted by atomic mass is 10.0. The zero-order chi connectivity index (χ0) is 24.7. The van der Waals surface area contributed by atoms with Gasteiger partial charge in [-0.1, -0.05) is 19.9 Å². The standard InChI is InChI=1S/C25H34N2O6S/c1-4-11-32-22-16-24-23(33-12-13-34(24,29)30)15-18(22)8-6-7-17-9-10-21(31-3)20(14-17)27-25(28)19(26)5-2/h9-10,14-16,19H,4-8,11-13,26H2,1-3H3,(H,27,28)/t19-/m0/s1. The van der Waals surface area contributed by atoms with Crippen LogP contribution in [0.15, 0.2) is 35.2 Å². The molecule has 3 rings (SSSR count). The summed E-state index contributed by atoms with van der Waals surface area (Å²) in [5.41, 5.74) is 8.38. The number of nitrogens with one attached hydrogen (secondary N) is 1. The van der Waals surface area contributed by atoms with Gasteiger partial charge < -0.3 is 25.3 Å². The molecular weight excluding hydrogens is 456 g/mol. The van der Waals surface area contributed by atoms with Crippen LogP contribution in [-0.2, 0) is 27.5 Å². The lowest BCUT2D eigenvalue weighted by Crippen LogP contribution is -2.34. The van der Waals surface area contributed by atoms with Crippen LogP contribution < -0.4 is 25.3 Å². The molecule has 0 saturated heterocycles. The topological polar surface area (TPSA) is 117 Å². The number of aryl methyl sites for hydroxylation is 2. The largest absolute Gasteiger partial charge is 0.495 e. The number of amides is 1. The molecular formula is C25H34N2O6S. The monoisotopic (exact) mass is 490 g/mol. The van der Waals surface area contributed by atoms with Gasteiger partial charge in [-0.2, -0.15) is 0 Å². The lowest BCUT2D eigenvalue weighted by Gasteiger charge is -2.21. The SMILES string of the molecule is CCCOc1cc2c(cc1CCCc1ccc(OC)c(NC(=O)[C@@H](N)CC)c1)OCCS2(=O)=O. The number of methoxy groups -OCH3 is 1. The quantitative estimate of drug-likeness (QED) is 0.495. The van der Waals surface area contributed by atoms with Crippen molar-refractivity contribution in [2.75, 3.05) is 31.4 Å². The highest BCUT2D eigenvalue weighted by Crippen LogP contribution is 2.36. The molecule has 8 nitrogen and oxygen atoms in total. The van der Waals surface area contributed by atoms with Gasteiger partial charge in [0, 0.05) is 6.07 Å². The van der Waals surface area contributed by atoms with Crippen LogP contribution in [0.4, 0.5) is 5.69 Å². The fourth-order valence-electron chi connectivity index (χ4n) is 3.75. The number of rotatable bonds is 11. The van der Waals surface area contributed by atoms with Crippen molar-refractivity contribution in [3.63, 3.8) is 0 Å². The first-order valence-corrected chi connectivity index (χ1v) is 13.3. The maximum Gasteiger partial charge on any atom is 0.241 e. The number of nitrogens with two attached hydrogens (primary N) is 1. The Morgan fingerprint density at radius 1 is 1.18 bits per heavy atom. The van der Waals surface area contributed by atoms with Crippen LogP contribution in [0.2, 0.25) is 0 Å². The van der Waals surface area contributed by atoms with Gasteiger partial charge in [0.2, 0.25) is 5.91 Å². The van der Waals surface area contributed by atoms with Crippen LogP contribution in [0, 0.1) is 0 Å². The summed E-state index contributed by atoms with van der Waals surface area (Å²) in [4.78, 5) is 12.5. The van der Waals surface area contributed by atoms with E-state index >= 15 is 0 Å². The van der Waals surface area contributed by atoms with E-state index < -0.39 is 15.9 Å². The Balaban J connectivity index is 1.75. The fraction of sp³-hybridized carbons (Fsp3) is 0.480. The molecule has 186 valence electrons. The molecule has 1 amide bonds. The Kier molecular flexibility index (Phi) is 8.79. The minimum Gasteiger partial charge on any atom is -0.495 e. The van der Waals surface area contributed by atoms with Crippen LogP contribution in [-0.4, -0.2) is 46.4 Å². The van der Waals surface area contributed by atoms with Crippen molar-refractivity contribution in [2.24, 2.45) is 5.73 Å². The van der Waals surface area contributed by atoms with E-state index in [1.807, 2.05) is 32.0 Å². The molecule has 0 radical (unpaired) electrons. The van der Waals surface area contributed by atoms with Crippen LogP contribution >= 0.6 is 0 Å². The summed E-state index contributed by atoms with van der Waals surface area (Å²) in [5, 5.41) is 2.85. The summed E-state index contributed by atoms with van der Waals surface area (Å²) in [7, 11) is -1.80. The zero-order valence-electron chi connectivity index (χ0n) is 20.1. The number of benzene rings is 2. The van der Waals surface area contributed by atoms with Crippen molar-refractivity contribution >= 4 is 21.4 Å². The second kappa shape index (κ2) is 11.6. The minimum atomic E-state index is -3.36. The molecule has 0 unspecified atom stereocenters. The molecule has 1 atom stereocenters. The second-order valence-electron chi connectivity index (χ2n) is 8.31. The number of fused-ring (bicyclic) bond motifs is 1. The van der Waals surface area contributed by atoms with Crippen molar-refractivity contribution in [3.05, 3.63) is 41.5 Å². The maximum atomic E-state index is 12.4. The molecule has 9 heteroatoms. The van der Waals surface area contributed by atoms with Gasteiger partial charge in [0.1, 0.15) is 28.8 Å². The molecule has 0 bridgehead atoms. The number of hydrogen-bond donors (Lipinski definition) is 2. The third-order valence-corrected chi connectivity index (χ3v) is 7.44. The summed E-state index contributed by atoms with van der Waals surface area (Å²) < 4.78 is 41.8. The molecule has 0 spiro atoms. The van der Waals surface area contributed by atoms with Crippen molar-refractivity contribution in [1.82, 2.24) is 0 Å². The number of carbonyl (C=O) groups is 1. The van der Waals surface area contributed by atoms with E-state index in [0.29, 0.717) is 42.4 Å². The summed E-state index contributed by atoms with van der Waals surface area (Å²) in [6.07, 6.45) is 3.59. The van der Waals surface area contributed by atoms with Gasteiger partial charge in [0.15, 0.2) is 9.84 Å². The Bertz CT molecular complexity index is 1120. The lowest BCUT2D eigenvalue weighted by molar-refractivity contribution is -0.117. The van der Waals surface area contributed by atoms with E-state index in [9.17, 15) is 13.2 Å². The molecule has 1 heterocycles. The average molecular weight is 491 g/mol. The van der Waals surface area contributed by atoms with Crippen molar-refractivity contribution in [3.8, 4) is 17.2 Å². The summed E-state index contributed by atoms with van der Waals surface area (Å²) in [6.45, 7) is 4.53.